The van der Waals surface area contributed by atoms with Gasteiger partial charge in [0, 0.05) is 32.2 Å². The third-order valence-corrected chi connectivity index (χ3v) is 3.13. The molecule has 2 aliphatic rings. The monoisotopic (exact) mass is 204 g/mol. The smallest absolute Gasteiger partial charge is 0.0218 e. The Morgan fingerprint density at radius 1 is 1.38 bits per heavy atom. The molecule has 1 heterocycles. The number of hydrogen-bond acceptors (Lipinski definition) is 2. The second-order valence-electron chi connectivity index (χ2n) is 4.20. The SMILES string of the molecule is CC[C@@H]1CNCCN1CC1CC1.Cl. The Balaban J connectivity index is 0.000000845. The van der Waals surface area contributed by atoms with Gasteiger partial charge in [0.15, 0.2) is 0 Å². The van der Waals surface area contributed by atoms with Crippen LogP contribution in [0.5, 0.6) is 0 Å². The number of nitrogens with zero attached hydrogens (tertiary/aromatic N) is 1. The molecule has 0 amide bonds. The maximum Gasteiger partial charge on any atom is 0.0218 e. The van der Waals surface area contributed by atoms with Gasteiger partial charge in [-0.2, -0.15) is 0 Å². The van der Waals surface area contributed by atoms with Crippen LogP contribution in [0.15, 0.2) is 0 Å². The molecule has 1 aliphatic heterocycles. The van der Waals surface area contributed by atoms with Crippen molar-refractivity contribution in [3.63, 3.8) is 0 Å². The van der Waals surface area contributed by atoms with Gasteiger partial charge in [-0.3, -0.25) is 4.90 Å². The van der Waals surface area contributed by atoms with Gasteiger partial charge < -0.3 is 5.32 Å². The first-order valence-electron chi connectivity index (χ1n) is 5.35. The Labute approximate surface area is 87.5 Å². The van der Waals surface area contributed by atoms with E-state index in [1.807, 2.05) is 0 Å². The molecule has 0 unspecified atom stereocenters. The average Bonchev–Trinajstić information content (AvgIpc) is 2.89. The summed E-state index contributed by atoms with van der Waals surface area (Å²) in [6.07, 6.45) is 4.28. The minimum Gasteiger partial charge on any atom is -0.314 e. The maximum atomic E-state index is 3.47. The maximum absolute atomic E-state index is 3.47. The minimum absolute atomic E-state index is 0. The zero-order valence-corrected chi connectivity index (χ0v) is 9.28. The standard InChI is InChI=1S/C10H20N2.ClH/c1-2-10-7-11-5-6-12(10)8-9-3-4-9;/h9-11H,2-8H2,1H3;1H/t10-;/m1./s1. The Bertz CT molecular complexity index is 148. The Hall–Kier alpha value is 0.210. The lowest BCUT2D eigenvalue weighted by atomic mass is 10.1. The van der Waals surface area contributed by atoms with Crippen LogP contribution in [0.4, 0.5) is 0 Å². The molecule has 1 N–H and O–H groups in total. The molecule has 0 aromatic rings. The van der Waals surface area contributed by atoms with E-state index in [1.165, 1.54) is 45.4 Å². The summed E-state index contributed by atoms with van der Waals surface area (Å²) in [7, 11) is 0. The summed E-state index contributed by atoms with van der Waals surface area (Å²) in [5.74, 6) is 1.05. The van der Waals surface area contributed by atoms with E-state index in [1.54, 1.807) is 0 Å². The highest BCUT2D eigenvalue weighted by atomic mass is 35.5. The minimum atomic E-state index is 0. The van der Waals surface area contributed by atoms with Gasteiger partial charge in [-0.15, -0.1) is 12.4 Å². The summed E-state index contributed by atoms with van der Waals surface area (Å²) in [5, 5.41) is 3.47. The number of rotatable bonds is 3. The number of piperazine rings is 1. The predicted molar refractivity (Wildman–Crippen MR) is 58.5 cm³/mol. The molecule has 1 aliphatic carbocycles. The van der Waals surface area contributed by atoms with Crippen molar-refractivity contribution in [1.29, 1.82) is 0 Å². The lowest BCUT2D eigenvalue weighted by Crippen LogP contribution is -2.51. The van der Waals surface area contributed by atoms with E-state index in [4.69, 9.17) is 0 Å². The van der Waals surface area contributed by atoms with E-state index in [0.717, 1.165) is 12.0 Å². The van der Waals surface area contributed by atoms with Crippen LogP contribution in [0.2, 0.25) is 0 Å². The normalized spacial score (nSPS) is 29.8. The zero-order valence-electron chi connectivity index (χ0n) is 8.46. The molecule has 2 nitrogen and oxygen atoms in total. The Kier molecular flexibility index (Phi) is 4.50. The summed E-state index contributed by atoms with van der Waals surface area (Å²) in [6, 6.07) is 0.819. The summed E-state index contributed by atoms with van der Waals surface area (Å²) in [4.78, 5) is 2.69. The highest BCUT2D eigenvalue weighted by Crippen LogP contribution is 2.30. The molecule has 1 atom stereocenters. The third-order valence-electron chi connectivity index (χ3n) is 3.13. The van der Waals surface area contributed by atoms with E-state index in [2.05, 4.69) is 17.1 Å². The molecule has 2 rings (SSSR count). The van der Waals surface area contributed by atoms with Crippen molar-refractivity contribution in [1.82, 2.24) is 10.2 Å². The molecule has 1 saturated heterocycles. The van der Waals surface area contributed by atoms with Gasteiger partial charge in [0.25, 0.3) is 0 Å². The quantitative estimate of drug-likeness (QED) is 0.750. The third kappa shape index (κ3) is 3.12. The highest BCUT2D eigenvalue weighted by molar-refractivity contribution is 5.85. The van der Waals surface area contributed by atoms with Crippen LogP contribution in [-0.2, 0) is 0 Å². The first-order chi connectivity index (χ1) is 5.90. The van der Waals surface area contributed by atoms with Crippen molar-refractivity contribution in [3.05, 3.63) is 0 Å². The van der Waals surface area contributed by atoms with Crippen molar-refractivity contribution < 1.29 is 0 Å². The van der Waals surface area contributed by atoms with Gasteiger partial charge in [-0.05, 0) is 25.2 Å². The fourth-order valence-corrected chi connectivity index (χ4v) is 2.08. The van der Waals surface area contributed by atoms with E-state index in [-0.39, 0.29) is 12.4 Å². The topological polar surface area (TPSA) is 15.3 Å². The fraction of sp³-hybridized carbons (Fsp3) is 1.00. The molecule has 0 radical (unpaired) electrons. The van der Waals surface area contributed by atoms with Crippen LogP contribution >= 0.6 is 12.4 Å². The Morgan fingerprint density at radius 2 is 2.15 bits per heavy atom. The van der Waals surface area contributed by atoms with E-state index < -0.39 is 0 Å². The van der Waals surface area contributed by atoms with Crippen molar-refractivity contribution in [2.45, 2.75) is 32.2 Å². The van der Waals surface area contributed by atoms with Gasteiger partial charge in [-0.1, -0.05) is 6.92 Å². The summed E-state index contributed by atoms with van der Waals surface area (Å²) in [6.45, 7) is 7.36. The largest absolute Gasteiger partial charge is 0.314 e. The molecule has 3 heteroatoms. The van der Waals surface area contributed by atoms with Crippen LogP contribution in [0, 0.1) is 5.92 Å². The molecule has 1 saturated carbocycles. The molecular weight excluding hydrogens is 184 g/mol. The number of nitrogens with one attached hydrogen (secondary N) is 1. The summed E-state index contributed by atoms with van der Waals surface area (Å²) in [5.41, 5.74) is 0. The van der Waals surface area contributed by atoms with Gasteiger partial charge in [0.05, 0.1) is 0 Å². The van der Waals surface area contributed by atoms with Crippen molar-refractivity contribution >= 4 is 12.4 Å². The van der Waals surface area contributed by atoms with Crippen molar-refractivity contribution in [2.24, 2.45) is 5.92 Å². The molecule has 0 bridgehead atoms. The van der Waals surface area contributed by atoms with Crippen molar-refractivity contribution in [2.75, 3.05) is 26.2 Å². The first-order valence-corrected chi connectivity index (χ1v) is 5.35. The average molecular weight is 205 g/mol. The molecule has 0 aromatic carbocycles. The second-order valence-corrected chi connectivity index (χ2v) is 4.20. The summed E-state index contributed by atoms with van der Waals surface area (Å²) >= 11 is 0. The van der Waals surface area contributed by atoms with Crippen LogP contribution in [0.25, 0.3) is 0 Å². The van der Waals surface area contributed by atoms with Gasteiger partial charge in [0.2, 0.25) is 0 Å². The van der Waals surface area contributed by atoms with Gasteiger partial charge in [0.1, 0.15) is 0 Å². The molecule has 0 aromatic heterocycles. The fourth-order valence-electron chi connectivity index (χ4n) is 2.08. The van der Waals surface area contributed by atoms with Crippen LogP contribution in [0.1, 0.15) is 26.2 Å². The van der Waals surface area contributed by atoms with Crippen molar-refractivity contribution in [3.8, 4) is 0 Å². The van der Waals surface area contributed by atoms with Gasteiger partial charge >= 0.3 is 0 Å². The lowest BCUT2D eigenvalue weighted by molar-refractivity contribution is 0.150. The second kappa shape index (κ2) is 5.18. The van der Waals surface area contributed by atoms with E-state index >= 15 is 0 Å². The van der Waals surface area contributed by atoms with Crippen LogP contribution < -0.4 is 5.32 Å². The zero-order chi connectivity index (χ0) is 8.39. The molecule has 0 spiro atoms. The van der Waals surface area contributed by atoms with E-state index in [0.29, 0.717) is 0 Å². The molecule has 2 fully saturated rings. The number of halogens is 1. The lowest BCUT2D eigenvalue weighted by Gasteiger charge is -2.35. The van der Waals surface area contributed by atoms with Gasteiger partial charge in [-0.25, -0.2) is 0 Å². The van der Waals surface area contributed by atoms with E-state index in [9.17, 15) is 0 Å². The first kappa shape index (κ1) is 11.3. The van der Waals surface area contributed by atoms with Crippen LogP contribution in [0.3, 0.4) is 0 Å². The predicted octanol–water partition coefficient (Wildman–Crippen LogP) is 1.50. The Morgan fingerprint density at radius 3 is 2.77 bits per heavy atom. The highest BCUT2D eigenvalue weighted by Gasteiger charge is 2.28. The molecule has 78 valence electrons. The summed E-state index contributed by atoms with van der Waals surface area (Å²) < 4.78 is 0. The number of hydrogen-bond donors (Lipinski definition) is 1. The molecular formula is C10H21ClN2. The molecule has 13 heavy (non-hydrogen) atoms. The van der Waals surface area contributed by atoms with Crippen LogP contribution in [-0.4, -0.2) is 37.1 Å².